The molecule has 3 heterocycles. The van der Waals surface area contributed by atoms with Crippen molar-refractivity contribution in [2.45, 2.75) is 45.9 Å². The lowest BCUT2D eigenvalue weighted by atomic mass is 9.93. The van der Waals surface area contributed by atoms with Crippen LogP contribution in [0.3, 0.4) is 0 Å². The lowest BCUT2D eigenvalue weighted by Crippen LogP contribution is -2.38. The van der Waals surface area contributed by atoms with Crippen molar-refractivity contribution in [2.24, 2.45) is 4.99 Å². The maximum absolute atomic E-state index is 13.3. The molecule has 1 N–H and O–H groups in total. The number of nitrogens with zero attached hydrogens (tertiary/aromatic N) is 2. The van der Waals surface area contributed by atoms with Gasteiger partial charge in [-0.2, -0.15) is 0 Å². The number of benzene rings is 1. The summed E-state index contributed by atoms with van der Waals surface area (Å²) in [4.78, 5) is 32.7. The van der Waals surface area contributed by atoms with E-state index in [0.29, 0.717) is 39.4 Å². The first kappa shape index (κ1) is 25.4. The summed E-state index contributed by atoms with van der Waals surface area (Å²) in [5.41, 5.74) is 2.41. The van der Waals surface area contributed by atoms with Crippen LogP contribution in [0.5, 0.6) is 11.5 Å². The van der Waals surface area contributed by atoms with Gasteiger partial charge in [-0.1, -0.05) is 11.8 Å². The molecule has 1 amide bonds. The standard InChI is InChI=1S/C26H29N3O6S/c1-15(2)35-25(31)23-16(3)28-26-29(24(23)17-9-20(32-4)12-21(10-17)33-5)18(14-36-26)11-22(30)27-13-19-7-6-8-34-19/h6-10,12,14-15,24H,11,13H2,1-5H3,(H,27,30)/t24-/m1/s1. The van der Waals surface area contributed by atoms with Gasteiger partial charge in [-0.3, -0.25) is 4.79 Å². The van der Waals surface area contributed by atoms with Gasteiger partial charge >= 0.3 is 5.97 Å². The third-order valence-corrected chi connectivity index (χ3v) is 6.52. The van der Waals surface area contributed by atoms with E-state index in [2.05, 4.69) is 10.3 Å². The van der Waals surface area contributed by atoms with Crippen molar-refractivity contribution >= 4 is 28.8 Å². The summed E-state index contributed by atoms with van der Waals surface area (Å²) in [5.74, 6) is 1.18. The summed E-state index contributed by atoms with van der Waals surface area (Å²) in [6.07, 6.45) is 1.35. The Morgan fingerprint density at radius 1 is 1.19 bits per heavy atom. The van der Waals surface area contributed by atoms with Crippen LogP contribution in [0, 0.1) is 0 Å². The molecule has 0 saturated carbocycles. The summed E-state index contributed by atoms with van der Waals surface area (Å²) in [6.45, 7) is 5.68. The first-order valence-electron chi connectivity index (χ1n) is 11.5. The smallest absolute Gasteiger partial charge is 0.338 e. The highest BCUT2D eigenvalue weighted by Gasteiger charge is 2.41. The highest BCUT2D eigenvalue weighted by Crippen LogP contribution is 2.46. The van der Waals surface area contributed by atoms with E-state index in [4.69, 9.17) is 18.6 Å². The molecular weight excluding hydrogens is 482 g/mol. The van der Waals surface area contributed by atoms with Crippen LogP contribution in [0.25, 0.3) is 0 Å². The molecule has 0 radical (unpaired) electrons. The molecule has 1 aromatic carbocycles. The predicted octanol–water partition coefficient (Wildman–Crippen LogP) is 4.53. The SMILES string of the molecule is COc1cc(OC)cc([C@@H]2C(C(=O)OC(C)C)=C(C)N=C3SC=C(CC(=O)NCc4ccco4)N32)c1. The Bertz CT molecular complexity index is 1210. The molecule has 10 heteroatoms. The van der Waals surface area contributed by atoms with E-state index in [1.165, 1.54) is 11.8 Å². The Morgan fingerprint density at radius 3 is 2.53 bits per heavy atom. The monoisotopic (exact) mass is 511 g/mol. The lowest BCUT2D eigenvalue weighted by molar-refractivity contribution is -0.143. The Morgan fingerprint density at radius 2 is 1.92 bits per heavy atom. The van der Waals surface area contributed by atoms with Crippen molar-refractivity contribution in [1.29, 1.82) is 0 Å². The molecular formula is C26H29N3O6S. The van der Waals surface area contributed by atoms with Crippen LogP contribution in [-0.2, 0) is 20.9 Å². The van der Waals surface area contributed by atoms with E-state index in [9.17, 15) is 9.59 Å². The number of hydrogen-bond donors (Lipinski definition) is 1. The summed E-state index contributed by atoms with van der Waals surface area (Å²) in [7, 11) is 3.14. The molecule has 2 aromatic rings. The summed E-state index contributed by atoms with van der Waals surface area (Å²) in [6, 6.07) is 8.45. The molecule has 2 aliphatic rings. The number of allylic oxidation sites excluding steroid dienone is 1. The number of thioether (sulfide) groups is 1. The molecule has 9 nitrogen and oxygen atoms in total. The number of aliphatic imine (C=N–C) groups is 1. The third-order valence-electron chi connectivity index (χ3n) is 5.63. The molecule has 2 aliphatic heterocycles. The second-order valence-corrected chi connectivity index (χ2v) is 9.36. The van der Waals surface area contributed by atoms with Gasteiger partial charge in [0.25, 0.3) is 0 Å². The summed E-state index contributed by atoms with van der Waals surface area (Å²) < 4.78 is 21.9. The largest absolute Gasteiger partial charge is 0.497 e. The zero-order valence-electron chi connectivity index (χ0n) is 20.9. The number of carbonyl (C=O) groups is 2. The average Bonchev–Trinajstić information content (AvgIpc) is 3.51. The van der Waals surface area contributed by atoms with Crippen molar-refractivity contribution in [3.8, 4) is 11.5 Å². The molecule has 0 unspecified atom stereocenters. The number of nitrogens with one attached hydrogen (secondary N) is 1. The van der Waals surface area contributed by atoms with Gasteiger partial charge < -0.3 is 28.8 Å². The minimum atomic E-state index is -0.591. The van der Waals surface area contributed by atoms with Gasteiger partial charge in [0.05, 0.1) is 56.9 Å². The maximum Gasteiger partial charge on any atom is 0.338 e. The molecule has 1 aromatic heterocycles. The number of hydrogen-bond acceptors (Lipinski definition) is 9. The number of rotatable bonds is 9. The zero-order chi connectivity index (χ0) is 25.8. The van der Waals surface area contributed by atoms with Crippen LogP contribution in [0.2, 0.25) is 0 Å². The summed E-state index contributed by atoms with van der Waals surface area (Å²) in [5, 5.41) is 5.44. The molecule has 36 heavy (non-hydrogen) atoms. The first-order valence-corrected chi connectivity index (χ1v) is 12.4. The molecule has 0 saturated heterocycles. The fraction of sp³-hybridized carbons (Fsp3) is 0.346. The van der Waals surface area contributed by atoms with Gasteiger partial charge in [0.2, 0.25) is 5.91 Å². The number of fused-ring (bicyclic) bond motifs is 1. The molecule has 0 bridgehead atoms. The topological polar surface area (TPSA) is 103 Å². The number of furan rings is 1. The van der Waals surface area contributed by atoms with Crippen LogP contribution < -0.4 is 14.8 Å². The van der Waals surface area contributed by atoms with E-state index < -0.39 is 12.0 Å². The zero-order valence-corrected chi connectivity index (χ0v) is 21.7. The second kappa shape index (κ2) is 10.9. The van der Waals surface area contributed by atoms with Crippen molar-refractivity contribution in [1.82, 2.24) is 10.2 Å². The Balaban J connectivity index is 1.70. The van der Waals surface area contributed by atoms with Gasteiger partial charge in [-0.05, 0) is 56.0 Å². The highest BCUT2D eigenvalue weighted by molar-refractivity contribution is 8.16. The lowest BCUT2D eigenvalue weighted by Gasteiger charge is -2.36. The predicted molar refractivity (Wildman–Crippen MR) is 136 cm³/mol. The van der Waals surface area contributed by atoms with E-state index >= 15 is 0 Å². The van der Waals surface area contributed by atoms with Crippen molar-refractivity contribution in [3.63, 3.8) is 0 Å². The van der Waals surface area contributed by atoms with Crippen molar-refractivity contribution in [2.75, 3.05) is 14.2 Å². The first-order chi connectivity index (χ1) is 17.3. The minimum Gasteiger partial charge on any atom is -0.497 e. The van der Waals surface area contributed by atoms with Gasteiger partial charge in [0, 0.05) is 11.8 Å². The minimum absolute atomic E-state index is 0.0931. The number of methoxy groups -OCH3 is 2. The number of ether oxygens (including phenoxy) is 3. The summed E-state index contributed by atoms with van der Waals surface area (Å²) >= 11 is 1.41. The fourth-order valence-corrected chi connectivity index (χ4v) is 5.00. The maximum atomic E-state index is 13.3. The Hall–Kier alpha value is -3.66. The van der Waals surface area contributed by atoms with Crippen LogP contribution in [-0.4, -0.2) is 42.3 Å². The molecule has 4 rings (SSSR count). The average molecular weight is 512 g/mol. The van der Waals surface area contributed by atoms with Crippen LogP contribution in [0.15, 0.2) is 68.4 Å². The second-order valence-electron chi connectivity index (χ2n) is 8.53. The number of amides is 1. The molecule has 1 atom stereocenters. The third kappa shape index (κ3) is 5.43. The normalized spacial score (nSPS) is 16.9. The fourth-order valence-electron chi connectivity index (χ4n) is 4.04. The van der Waals surface area contributed by atoms with Gasteiger partial charge in [0.1, 0.15) is 17.3 Å². The van der Waals surface area contributed by atoms with Gasteiger partial charge in [-0.15, -0.1) is 0 Å². The van der Waals surface area contributed by atoms with Crippen LogP contribution in [0.1, 0.15) is 44.6 Å². The molecule has 190 valence electrons. The van der Waals surface area contributed by atoms with E-state index in [1.807, 2.05) is 22.4 Å². The van der Waals surface area contributed by atoms with E-state index in [0.717, 1.165) is 5.56 Å². The van der Waals surface area contributed by atoms with Gasteiger partial charge in [0.15, 0.2) is 5.17 Å². The molecule has 0 spiro atoms. The van der Waals surface area contributed by atoms with E-state index in [1.54, 1.807) is 59.5 Å². The number of esters is 1. The molecule has 0 fully saturated rings. The number of carbonyl (C=O) groups excluding carboxylic acids is 2. The number of amidine groups is 1. The van der Waals surface area contributed by atoms with E-state index in [-0.39, 0.29) is 25.0 Å². The highest BCUT2D eigenvalue weighted by atomic mass is 32.2. The van der Waals surface area contributed by atoms with Crippen molar-refractivity contribution < 1.29 is 28.2 Å². The van der Waals surface area contributed by atoms with Gasteiger partial charge in [-0.25, -0.2) is 9.79 Å². The quantitative estimate of drug-likeness (QED) is 0.490. The Kier molecular flexibility index (Phi) is 7.73. The Labute approximate surface area is 214 Å². The van der Waals surface area contributed by atoms with Crippen LogP contribution in [0.4, 0.5) is 0 Å². The molecule has 0 aliphatic carbocycles. The van der Waals surface area contributed by atoms with Crippen molar-refractivity contribution in [3.05, 3.63) is 70.3 Å². The van der Waals surface area contributed by atoms with Crippen LogP contribution >= 0.6 is 11.8 Å².